The second-order valence-electron chi connectivity index (χ2n) is 7.49. The van der Waals surface area contributed by atoms with Crippen LogP contribution in [0.5, 0.6) is 5.75 Å². The minimum atomic E-state index is -0.770. The molecule has 2 amide bonds. The monoisotopic (exact) mass is 468 g/mol. The van der Waals surface area contributed by atoms with Crippen LogP contribution in [0.4, 0.5) is 4.39 Å². The largest absolute Gasteiger partial charge is 0.484 e. The summed E-state index contributed by atoms with van der Waals surface area (Å²) in [6.07, 6.45) is 0.330. The lowest BCUT2D eigenvalue weighted by molar-refractivity contribution is -0.142. The molecule has 0 radical (unpaired) electrons. The van der Waals surface area contributed by atoms with Gasteiger partial charge in [-0.3, -0.25) is 9.59 Å². The van der Waals surface area contributed by atoms with Crippen molar-refractivity contribution in [3.8, 4) is 5.75 Å². The molecule has 0 fully saturated rings. The summed E-state index contributed by atoms with van der Waals surface area (Å²) >= 11 is 6.00. The van der Waals surface area contributed by atoms with Crippen molar-refractivity contribution in [3.63, 3.8) is 0 Å². The molecule has 0 aliphatic heterocycles. The van der Waals surface area contributed by atoms with E-state index < -0.39 is 6.04 Å². The van der Waals surface area contributed by atoms with Gasteiger partial charge in [-0.15, -0.1) is 0 Å². The van der Waals surface area contributed by atoms with Crippen LogP contribution in [0.15, 0.2) is 78.9 Å². The SMILES string of the molecule is CCNC(=O)[C@@H](Cc1ccccc1)N(Cc1ccc(F)cc1)C(=O)COc1cccc(Cl)c1. The van der Waals surface area contributed by atoms with Crippen molar-refractivity contribution >= 4 is 23.4 Å². The molecule has 0 spiro atoms. The number of carbonyl (C=O) groups is 2. The van der Waals surface area contributed by atoms with Crippen molar-refractivity contribution in [2.24, 2.45) is 0 Å². The van der Waals surface area contributed by atoms with E-state index in [1.165, 1.54) is 17.0 Å². The summed E-state index contributed by atoms with van der Waals surface area (Å²) in [5.41, 5.74) is 1.62. The zero-order valence-corrected chi connectivity index (χ0v) is 19.1. The van der Waals surface area contributed by atoms with Gasteiger partial charge in [0, 0.05) is 24.5 Å². The molecule has 0 unspecified atom stereocenters. The zero-order valence-electron chi connectivity index (χ0n) is 18.3. The fraction of sp³-hybridized carbons (Fsp3) is 0.231. The Morgan fingerprint density at radius 1 is 1.00 bits per heavy atom. The maximum atomic E-state index is 13.4. The van der Waals surface area contributed by atoms with Gasteiger partial charge in [0.25, 0.3) is 5.91 Å². The molecule has 0 bridgehead atoms. The summed E-state index contributed by atoms with van der Waals surface area (Å²) in [7, 11) is 0. The highest BCUT2D eigenvalue weighted by Gasteiger charge is 2.30. The molecule has 5 nitrogen and oxygen atoms in total. The summed E-state index contributed by atoms with van der Waals surface area (Å²) < 4.78 is 19.1. The highest BCUT2D eigenvalue weighted by Crippen LogP contribution is 2.19. The van der Waals surface area contributed by atoms with E-state index in [1.54, 1.807) is 36.4 Å². The summed E-state index contributed by atoms with van der Waals surface area (Å²) in [5.74, 6) is -0.549. The second kappa shape index (κ2) is 12.0. The molecule has 172 valence electrons. The molecule has 3 rings (SSSR count). The number of rotatable bonds is 10. The summed E-state index contributed by atoms with van der Waals surface area (Å²) in [6, 6.07) is 21.3. The summed E-state index contributed by atoms with van der Waals surface area (Å²) in [4.78, 5) is 27.8. The Morgan fingerprint density at radius 2 is 1.73 bits per heavy atom. The zero-order chi connectivity index (χ0) is 23.6. The van der Waals surface area contributed by atoms with E-state index in [4.69, 9.17) is 16.3 Å². The predicted octanol–water partition coefficient (Wildman–Crippen LogP) is 4.63. The van der Waals surface area contributed by atoms with Crippen molar-refractivity contribution in [2.45, 2.75) is 25.9 Å². The van der Waals surface area contributed by atoms with Crippen LogP contribution in [0, 0.1) is 5.82 Å². The van der Waals surface area contributed by atoms with Crippen LogP contribution in [-0.2, 0) is 22.6 Å². The molecular weight excluding hydrogens is 443 g/mol. The van der Waals surface area contributed by atoms with Gasteiger partial charge in [0.15, 0.2) is 6.61 Å². The van der Waals surface area contributed by atoms with Crippen LogP contribution >= 0.6 is 11.6 Å². The van der Waals surface area contributed by atoms with Crippen molar-refractivity contribution in [3.05, 3.63) is 101 Å². The fourth-order valence-electron chi connectivity index (χ4n) is 3.42. The van der Waals surface area contributed by atoms with E-state index in [0.29, 0.717) is 29.3 Å². The van der Waals surface area contributed by atoms with Gasteiger partial charge in [0.2, 0.25) is 5.91 Å². The third kappa shape index (κ3) is 7.32. The lowest BCUT2D eigenvalue weighted by Crippen LogP contribution is -2.51. The van der Waals surface area contributed by atoms with E-state index in [1.807, 2.05) is 37.3 Å². The van der Waals surface area contributed by atoms with Gasteiger partial charge >= 0.3 is 0 Å². The molecule has 0 heterocycles. The highest BCUT2D eigenvalue weighted by atomic mass is 35.5. The van der Waals surface area contributed by atoms with Gasteiger partial charge in [-0.2, -0.15) is 0 Å². The molecule has 0 aliphatic carbocycles. The topological polar surface area (TPSA) is 58.6 Å². The number of carbonyl (C=O) groups excluding carboxylic acids is 2. The van der Waals surface area contributed by atoms with Crippen molar-refractivity contribution < 1.29 is 18.7 Å². The minimum absolute atomic E-state index is 0.132. The Morgan fingerprint density at radius 3 is 2.39 bits per heavy atom. The summed E-state index contributed by atoms with van der Waals surface area (Å²) in [6.45, 7) is 2.12. The van der Waals surface area contributed by atoms with E-state index in [0.717, 1.165) is 5.56 Å². The van der Waals surface area contributed by atoms with Crippen LogP contribution < -0.4 is 10.1 Å². The first-order chi connectivity index (χ1) is 16.0. The molecule has 1 N–H and O–H groups in total. The first-order valence-corrected chi connectivity index (χ1v) is 11.1. The Balaban J connectivity index is 1.88. The minimum Gasteiger partial charge on any atom is -0.484 e. The van der Waals surface area contributed by atoms with Crippen LogP contribution in [-0.4, -0.2) is 35.9 Å². The molecule has 3 aromatic rings. The average molecular weight is 469 g/mol. The number of amides is 2. The van der Waals surface area contributed by atoms with Crippen LogP contribution in [0.2, 0.25) is 5.02 Å². The molecule has 1 atom stereocenters. The maximum absolute atomic E-state index is 13.4. The lowest BCUT2D eigenvalue weighted by Gasteiger charge is -2.31. The van der Waals surface area contributed by atoms with Gasteiger partial charge in [0.05, 0.1) is 0 Å². The third-order valence-corrected chi connectivity index (χ3v) is 5.28. The fourth-order valence-corrected chi connectivity index (χ4v) is 3.60. The quantitative estimate of drug-likeness (QED) is 0.472. The van der Waals surface area contributed by atoms with E-state index in [-0.39, 0.29) is 30.8 Å². The average Bonchev–Trinajstić information content (AvgIpc) is 2.82. The Kier molecular flexibility index (Phi) is 8.84. The van der Waals surface area contributed by atoms with Crippen molar-refractivity contribution in [1.82, 2.24) is 10.2 Å². The normalized spacial score (nSPS) is 11.5. The Bertz CT molecular complexity index is 1060. The molecule has 33 heavy (non-hydrogen) atoms. The highest BCUT2D eigenvalue weighted by molar-refractivity contribution is 6.30. The van der Waals surface area contributed by atoms with E-state index in [9.17, 15) is 14.0 Å². The number of nitrogens with zero attached hydrogens (tertiary/aromatic N) is 1. The molecule has 0 aromatic heterocycles. The Hall–Kier alpha value is -3.38. The standard InChI is InChI=1S/C26H26ClFN2O3/c1-2-29-26(32)24(15-19-7-4-3-5-8-19)30(17-20-11-13-22(28)14-12-20)25(31)18-33-23-10-6-9-21(27)16-23/h3-14,16,24H,2,15,17-18H2,1H3,(H,29,32)/t24-/m1/s1. The third-order valence-electron chi connectivity index (χ3n) is 5.05. The van der Waals surface area contributed by atoms with E-state index >= 15 is 0 Å². The number of nitrogens with one attached hydrogen (secondary N) is 1. The lowest BCUT2D eigenvalue weighted by atomic mass is 10.0. The number of ether oxygens (including phenoxy) is 1. The summed E-state index contributed by atoms with van der Waals surface area (Å²) in [5, 5.41) is 3.32. The number of halogens is 2. The van der Waals surface area contributed by atoms with Crippen molar-refractivity contribution in [1.29, 1.82) is 0 Å². The van der Waals surface area contributed by atoms with E-state index in [2.05, 4.69) is 5.32 Å². The number of likely N-dealkylation sites (N-methyl/N-ethyl adjacent to an activating group) is 1. The molecule has 3 aromatic carbocycles. The number of hydrogen-bond donors (Lipinski definition) is 1. The number of hydrogen-bond acceptors (Lipinski definition) is 3. The smallest absolute Gasteiger partial charge is 0.261 e. The van der Waals surface area contributed by atoms with Crippen LogP contribution in [0.25, 0.3) is 0 Å². The molecule has 0 saturated heterocycles. The van der Waals surface area contributed by atoms with Gasteiger partial charge in [-0.1, -0.05) is 60.1 Å². The van der Waals surface area contributed by atoms with Gasteiger partial charge < -0.3 is 15.0 Å². The molecular formula is C26H26ClFN2O3. The second-order valence-corrected chi connectivity index (χ2v) is 7.93. The predicted molar refractivity (Wildman–Crippen MR) is 127 cm³/mol. The van der Waals surface area contributed by atoms with Gasteiger partial charge in [-0.05, 0) is 48.4 Å². The first-order valence-electron chi connectivity index (χ1n) is 10.7. The first kappa shape index (κ1) is 24.3. The van der Waals surface area contributed by atoms with Crippen molar-refractivity contribution in [2.75, 3.05) is 13.2 Å². The van der Waals surface area contributed by atoms with Crippen LogP contribution in [0.1, 0.15) is 18.1 Å². The molecule has 0 aliphatic rings. The number of benzene rings is 3. The van der Waals surface area contributed by atoms with Crippen LogP contribution in [0.3, 0.4) is 0 Å². The van der Waals surface area contributed by atoms with Gasteiger partial charge in [0.1, 0.15) is 17.6 Å². The van der Waals surface area contributed by atoms with Gasteiger partial charge in [-0.25, -0.2) is 4.39 Å². The maximum Gasteiger partial charge on any atom is 0.261 e. The molecule has 0 saturated carbocycles. The molecule has 7 heteroatoms. The Labute approximate surface area is 198 Å².